The van der Waals surface area contributed by atoms with Gasteiger partial charge in [0.1, 0.15) is 0 Å². The molecule has 1 N–H and O–H groups in total. The maximum Gasteiger partial charge on any atom is 0.338 e. The highest BCUT2D eigenvalue weighted by Gasteiger charge is 2.23. The van der Waals surface area contributed by atoms with Crippen molar-refractivity contribution in [3.8, 4) is 0 Å². The fourth-order valence-corrected chi connectivity index (χ4v) is 1.82. The van der Waals surface area contributed by atoms with Gasteiger partial charge in [-0.05, 0) is 13.8 Å². The predicted molar refractivity (Wildman–Crippen MR) is 68.6 cm³/mol. The summed E-state index contributed by atoms with van der Waals surface area (Å²) in [6.45, 7) is 3.73. The topological polar surface area (TPSA) is 83.7 Å². The summed E-state index contributed by atoms with van der Waals surface area (Å²) < 4.78 is 0. The van der Waals surface area contributed by atoms with E-state index in [1.54, 1.807) is 11.9 Å². The van der Waals surface area contributed by atoms with Crippen molar-refractivity contribution in [3.63, 3.8) is 0 Å². The van der Waals surface area contributed by atoms with E-state index in [0.29, 0.717) is 0 Å². The number of nitro groups is 1. The molecule has 0 saturated carbocycles. The Morgan fingerprint density at radius 2 is 2.06 bits per heavy atom. The maximum atomic E-state index is 11.2. The van der Waals surface area contributed by atoms with Gasteiger partial charge < -0.3 is 10.0 Å². The van der Waals surface area contributed by atoms with Crippen LogP contribution in [0.4, 0.5) is 11.4 Å². The van der Waals surface area contributed by atoms with E-state index < -0.39 is 10.9 Å². The largest absolute Gasteiger partial charge is 0.478 e. The minimum atomic E-state index is -1.25. The molecule has 0 aliphatic rings. The summed E-state index contributed by atoms with van der Waals surface area (Å²) in [6, 6.07) is 2.19. The summed E-state index contributed by atoms with van der Waals surface area (Å²) in [6.07, 6.45) is 0. The maximum absolute atomic E-state index is 11.2. The summed E-state index contributed by atoms with van der Waals surface area (Å²) in [5, 5.41) is 19.9. The lowest BCUT2D eigenvalue weighted by atomic mass is 10.1. The number of hydrogen-bond acceptors (Lipinski definition) is 4. The Morgan fingerprint density at radius 3 is 2.44 bits per heavy atom. The summed E-state index contributed by atoms with van der Waals surface area (Å²) in [5.74, 6) is -1.25. The van der Waals surface area contributed by atoms with Crippen molar-refractivity contribution in [2.45, 2.75) is 19.9 Å². The Kier molecular flexibility index (Phi) is 4.13. The van der Waals surface area contributed by atoms with Gasteiger partial charge in [0.05, 0.1) is 21.2 Å². The number of nitrogens with zero attached hydrogens (tertiary/aromatic N) is 2. The van der Waals surface area contributed by atoms with Crippen LogP contribution < -0.4 is 4.90 Å². The lowest BCUT2D eigenvalue weighted by Crippen LogP contribution is -2.27. The minimum absolute atomic E-state index is 0.0158. The molecule has 1 rings (SSSR count). The molecule has 1 aromatic carbocycles. The number of non-ortho nitro benzene ring substituents is 1. The Morgan fingerprint density at radius 1 is 1.50 bits per heavy atom. The van der Waals surface area contributed by atoms with Crippen LogP contribution in [0.3, 0.4) is 0 Å². The van der Waals surface area contributed by atoms with Gasteiger partial charge in [-0.15, -0.1) is 0 Å². The quantitative estimate of drug-likeness (QED) is 0.673. The van der Waals surface area contributed by atoms with Gasteiger partial charge in [-0.25, -0.2) is 4.79 Å². The van der Waals surface area contributed by atoms with Crippen molar-refractivity contribution < 1.29 is 14.8 Å². The molecule has 0 aliphatic heterocycles. The third-order valence-electron chi connectivity index (χ3n) is 2.62. The SMILES string of the molecule is CC(C)N(C)c1c(Cl)cc([N+](=O)[O-])cc1C(=O)O. The molecule has 18 heavy (non-hydrogen) atoms. The first-order valence-corrected chi connectivity index (χ1v) is 5.57. The van der Waals surface area contributed by atoms with E-state index in [2.05, 4.69) is 0 Å². The number of rotatable bonds is 4. The summed E-state index contributed by atoms with van der Waals surface area (Å²) in [7, 11) is 1.68. The van der Waals surface area contributed by atoms with Crippen LogP contribution in [0, 0.1) is 10.1 Å². The predicted octanol–water partition coefficient (Wildman–Crippen LogP) is 2.79. The van der Waals surface area contributed by atoms with E-state index in [1.165, 1.54) is 0 Å². The highest BCUT2D eigenvalue weighted by atomic mass is 35.5. The number of hydrogen-bond donors (Lipinski definition) is 1. The van der Waals surface area contributed by atoms with Crippen molar-refractivity contribution in [1.82, 2.24) is 0 Å². The zero-order chi connectivity index (χ0) is 14.0. The first kappa shape index (κ1) is 14.2. The van der Waals surface area contributed by atoms with Gasteiger partial charge in [0, 0.05) is 25.2 Å². The Bertz CT molecular complexity index is 502. The van der Waals surface area contributed by atoms with Crippen molar-refractivity contribution in [1.29, 1.82) is 0 Å². The number of halogens is 1. The average molecular weight is 273 g/mol. The normalized spacial score (nSPS) is 10.5. The third kappa shape index (κ3) is 2.70. The molecule has 0 fully saturated rings. The molecular weight excluding hydrogens is 260 g/mol. The van der Waals surface area contributed by atoms with E-state index in [1.807, 2.05) is 13.8 Å². The number of carboxylic acid groups (broad SMARTS) is 1. The van der Waals surface area contributed by atoms with Gasteiger partial charge >= 0.3 is 5.97 Å². The molecule has 98 valence electrons. The van der Waals surface area contributed by atoms with E-state index in [9.17, 15) is 14.9 Å². The number of benzene rings is 1. The number of nitro benzene ring substituents is 1. The lowest BCUT2D eigenvalue weighted by Gasteiger charge is -2.26. The Labute approximate surface area is 109 Å². The van der Waals surface area contributed by atoms with Crippen LogP contribution in [-0.2, 0) is 0 Å². The highest BCUT2D eigenvalue weighted by Crippen LogP contribution is 2.34. The van der Waals surface area contributed by atoms with E-state index in [0.717, 1.165) is 12.1 Å². The zero-order valence-corrected chi connectivity index (χ0v) is 10.9. The second kappa shape index (κ2) is 5.22. The molecular formula is C11H13ClN2O4. The number of carboxylic acids is 1. The molecule has 0 bridgehead atoms. The smallest absolute Gasteiger partial charge is 0.338 e. The van der Waals surface area contributed by atoms with E-state index in [-0.39, 0.29) is 28.0 Å². The number of aromatic carboxylic acids is 1. The monoisotopic (exact) mass is 272 g/mol. The molecule has 0 aliphatic carbocycles. The van der Waals surface area contributed by atoms with Gasteiger partial charge in [0.2, 0.25) is 0 Å². The van der Waals surface area contributed by atoms with Crippen molar-refractivity contribution in [2.75, 3.05) is 11.9 Å². The molecule has 0 atom stereocenters. The fourth-order valence-electron chi connectivity index (χ4n) is 1.47. The van der Waals surface area contributed by atoms with Crippen molar-refractivity contribution >= 4 is 28.9 Å². The molecule has 0 radical (unpaired) electrons. The van der Waals surface area contributed by atoms with Crippen molar-refractivity contribution in [2.24, 2.45) is 0 Å². The highest BCUT2D eigenvalue weighted by molar-refractivity contribution is 6.34. The van der Waals surface area contributed by atoms with Crippen LogP contribution in [0.25, 0.3) is 0 Å². The second-order valence-electron chi connectivity index (χ2n) is 4.09. The Balaban J connectivity index is 3.50. The van der Waals surface area contributed by atoms with Gasteiger partial charge in [-0.2, -0.15) is 0 Å². The number of anilines is 1. The minimum Gasteiger partial charge on any atom is -0.478 e. The van der Waals surface area contributed by atoms with Crippen LogP contribution >= 0.6 is 11.6 Å². The van der Waals surface area contributed by atoms with Gasteiger partial charge in [-0.1, -0.05) is 11.6 Å². The lowest BCUT2D eigenvalue weighted by molar-refractivity contribution is -0.384. The molecule has 0 amide bonds. The molecule has 0 saturated heterocycles. The van der Waals surface area contributed by atoms with E-state index >= 15 is 0 Å². The first-order chi connectivity index (χ1) is 8.25. The van der Waals surface area contributed by atoms with Gasteiger partial charge in [-0.3, -0.25) is 10.1 Å². The van der Waals surface area contributed by atoms with Crippen molar-refractivity contribution in [3.05, 3.63) is 32.8 Å². The van der Waals surface area contributed by atoms with Crippen LogP contribution in [0.5, 0.6) is 0 Å². The summed E-state index contributed by atoms with van der Waals surface area (Å²) in [5.41, 5.74) is -0.228. The molecule has 7 heteroatoms. The van der Waals surface area contributed by atoms with Crippen LogP contribution in [-0.4, -0.2) is 29.1 Å². The molecule has 6 nitrogen and oxygen atoms in total. The average Bonchev–Trinajstić information content (AvgIpc) is 2.26. The van der Waals surface area contributed by atoms with Crippen LogP contribution in [0.15, 0.2) is 12.1 Å². The van der Waals surface area contributed by atoms with Crippen LogP contribution in [0.2, 0.25) is 5.02 Å². The Hall–Kier alpha value is -1.82. The van der Waals surface area contributed by atoms with Gasteiger partial charge in [0.15, 0.2) is 0 Å². The standard InChI is InChI=1S/C11H13ClN2O4/c1-6(2)13(3)10-8(11(15)16)4-7(14(17)18)5-9(10)12/h4-6H,1-3H3,(H,15,16). The number of carbonyl (C=O) groups is 1. The van der Waals surface area contributed by atoms with Crippen LogP contribution in [0.1, 0.15) is 24.2 Å². The molecule has 0 spiro atoms. The third-order valence-corrected chi connectivity index (χ3v) is 2.90. The fraction of sp³-hybridized carbons (Fsp3) is 0.364. The summed E-state index contributed by atoms with van der Waals surface area (Å²) >= 11 is 5.95. The molecule has 0 unspecified atom stereocenters. The summed E-state index contributed by atoms with van der Waals surface area (Å²) in [4.78, 5) is 22.8. The van der Waals surface area contributed by atoms with Gasteiger partial charge in [0.25, 0.3) is 5.69 Å². The molecule has 0 heterocycles. The second-order valence-corrected chi connectivity index (χ2v) is 4.50. The first-order valence-electron chi connectivity index (χ1n) is 5.19. The molecule has 1 aromatic rings. The molecule has 0 aromatic heterocycles. The zero-order valence-electron chi connectivity index (χ0n) is 10.2. The van der Waals surface area contributed by atoms with E-state index in [4.69, 9.17) is 16.7 Å².